The Bertz CT molecular complexity index is 707. The summed E-state index contributed by atoms with van der Waals surface area (Å²) in [5.74, 6) is 1.01. The predicted octanol–water partition coefficient (Wildman–Crippen LogP) is 5.40. The first-order valence-corrected chi connectivity index (χ1v) is 7.16. The number of hydrogen-bond donors (Lipinski definition) is 0. The van der Waals surface area contributed by atoms with Crippen molar-refractivity contribution < 1.29 is 4.42 Å². The summed E-state index contributed by atoms with van der Waals surface area (Å²) in [6.07, 6.45) is 0.833. The number of benzene rings is 2. The molecule has 1 heterocycles. The summed E-state index contributed by atoms with van der Waals surface area (Å²) < 4.78 is 7.04. The van der Waals surface area contributed by atoms with Gasteiger partial charge in [0.15, 0.2) is 0 Å². The van der Waals surface area contributed by atoms with E-state index < -0.39 is 0 Å². The fourth-order valence-electron chi connectivity index (χ4n) is 2.37. The standard InChI is InChI=1S/C17H15BrO/c1-11-7-12(2)16(18)10-14(11)9-15-8-13-5-3-4-6-17(13)19-15/h3-8,10H,9H2,1-2H3. The molecule has 0 radical (unpaired) electrons. The van der Waals surface area contributed by atoms with Crippen molar-refractivity contribution in [2.45, 2.75) is 20.3 Å². The van der Waals surface area contributed by atoms with Crippen LogP contribution in [0.25, 0.3) is 11.0 Å². The molecule has 0 saturated heterocycles. The zero-order chi connectivity index (χ0) is 13.4. The van der Waals surface area contributed by atoms with Gasteiger partial charge in [-0.2, -0.15) is 0 Å². The second kappa shape index (κ2) is 4.86. The Morgan fingerprint density at radius 1 is 1.00 bits per heavy atom. The molecule has 0 N–H and O–H groups in total. The number of para-hydroxylation sites is 1. The molecule has 0 bridgehead atoms. The van der Waals surface area contributed by atoms with E-state index in [1.807, 2.05) is 18.2 Å². The van der Waals surface area contributed by atoms with Crippen LogP contribution in [-0.2, 0) is 6.42 Å². The molecule has 0 aliphatic heterocycles. The highest BCUT2D eigenvalue weighted by Gasteiger charge is 2.08. The van der Waals surface area contributed by atoms with Gasteiger partial charge in [0, 0.05) is 16.3 Å². The van der Waals surface area contributed by atoms with E-state index in [1.165, 1.54) is 22.1 Å². The molecule has 0 atom stereocenters. The molecule has 3 rings (SSSR count). The minimum atomic E-state index is 0.833. The summed E-state index contributed by atoms with van der Waals surface area (Å²) in [7, 11) is 0. The first kappa shape index (κ1) is 12.5. The summed E-state index contributed by atoms with van der Waals surface area (Å²) >= 11 is 3.60. The lowest BCUT2D eigenvalue weighted by Crippen LogP contribution is -1.92. The smallest absolute Gasteiger partial charge is 0.134 e. The van der Waals surface area contributed by atoms with Crippen LogP contribution in [0.3, 0.4) is 0 Å². The van der Waals surface area contributed by atoms with E-state index in [0.29, 0.717) is 0 Å². The van der Waals surface area contributed by atoms with Gasteiger partial charge >= 0.3 is 0 Å². The molecule has 0 amide bonds. The molecule has 0 aliphatic carbocycles. The summed E-state index contributed by atoms with van der Waals surface area (Å²) in [6.45, 7) is 4.26. The van der Waals surface area contributed by atoms with Gasteiger partial charge in [-0.05, 0) is 48.7 Å². The number of hydrogen-bond acceptors (Lipinski definition) is 1. The van der Waals surface area contributed by atoms with Crippen LogP contribution in [0.15, 0.2) is 51.4 Å². The van der Waals surface area contributed by atoms with Crippen molar-refractivity contribution in [3.8, 4) is 0 Å². The maximum atomic E-state index is 5.88. The third-order valence-corrected chi connectivity index (χ3v) is 4.31. The molecule has 19 heavy (non-hydrogen) atoms. The zero-order valence-electron chi connectivity index (χ0n) is 11.0. The minimum absolute atomic E-state index is 0.833. The van der Waals surface area contributed by atoms with Crippen molar-refractivity contribution in [2.24, 2.45) is 0 Å². The van der Waals surface area contributed by atoms with Crippen LogP contribution in [0.5, 0.6) is 0 Å². The number of fused-ring (bicyclic) bond motifs is 1. The second-order valence-corrected chi connectivity index (χ2v) is 5.81. The Morgan fingerprint density at radius 2 is 1.79 bits per heavy atom. The Hall–Kier alpha value is -1.54. The van der Waals surface area contributed by atoms with Crippen molar-refractivity contribution in [1.29, 1.82) is 0 Å². The van der Waals surface area contributed by atoms with Gasteiger partial charge in [0.2, 0.25) is 0 Å². The van der Waals surface area contributed by atoms with Crippen molar-refractivity contribution in [1.82, 2.24) is 0 Å². The molecule has 96 valence electrons. The SMILES string of the molecule is Cc1cc(C)c(Cc2cc3ccccc3o2)cc1Br. The summed E-state index contributed by atoms with van der Waals surface area (Å²) in [5.41, 5.74) is 4.84. The van der Waals surface area contributed by atoms with Crippen molar-refractivity contribution >= 4 is 26.9 Å². The highest BCUT2D eigenvalue weighted by Crippen LogP contribution is 2.26. The van der Waals surface area contributed by atoms with Gasteiger partial charge < -0.3 is 4.42 Å². The molecule has 2 heteroatoms. The predicted molar refractivity (Wildman–Crippen MR) is 82.6 cm³/mol. The normalized spacial score (nSPS) is 11.1. The Morgan fingerprint density at radius 3 is 2.58 bits per heavy atom. The first-order valence-electron chi connectivity index (χ1n) is 6.36. The average Bonchev–Trinajstić information content (AvgIpc) is 2.78. The van der Waals surface area contributed by atoms with E-state index in [4.69, 9.17) is 4.42 Å². The Balaban J connectivity index is 1.98. The largest absolute Gasteiger partial charge is 0.461 e. The van der Waals surface area contributed by atoms with Gasteiger partial charge in [-0.1, -0.05) is 40.2 Å². The van der Waals surface area contributed by atoms with Crippen molar-refractivity contribution in [3.05, 3.63) is 69.4 Å². The van der Waals surface area contributed by atoms with Crippen LogP contribution < -0.4 is 0 Å². The average molecular weight is 315 g/mol. The molecule has 1 nitrogen and oxygen atoms in total. The van der Waals surface area contributed by atoms with Crippen LogP contribution in [0.1, 0.15) is 22.5 Å². The molecule has 1 aromatic heterocycles. The zero-order valence-corrected chi connectivity index (χ0v) is 12.6. The maximum Gasteiger partial charge on any atom is 0.134 e. The summed E-state index contributed by atoms with van der Waals surface area (Å²) in [6, 6.07) is 14.7. The van der Waals surface area contributed by atoms with Gasteiger partial charge in [-0.25, -0.2) is 0 Å². The molecule has 0 fully saturated rings. The van der Waals surface area contributed by atoms with Gasteiger partial charge in [-0.3, -0.25) is 0 Å². The molecular formula is C17H15BrO. The fourth-order valence-corrected chi connectivity index (χ4v) is 2.76. The first-order chi connectivity index (χ1) is 9.13. The fraction of sp³-hybridized carbons (Fsp3) is 0.176. The van der Waals surface area contributed by atoms with E-state index in [2.05, 4.69) is 54.0 Å². The number of halogens is 1. The van der Waals surface area contributed by atoms with E-state index in [0.717, 1.165) is 22.2 Å². The molecule has 0 unspecified atom stereocenters. The lowest BCUT2D eigenvalue weighted by Gasteiger charge is -2.07. The van der Waals surface area contributed by atoms with Crippen LogP contribution in [0.4, 0.5) is 0 Å². The quantitative estimate of drug-likeness (QED) is 0.617. The third-order valence-electron chi connectivity index (χ3n) is 3.46. The van der Waals surface area contributed by atoms with E-state index in [9.17, 15) is 0 Å². The Labute approximate surface area is 121 Å². The lowest BCUT2D eigenvalue weighted by molar-refractivity contribution is 0.562. The molecule has 3 aromatic rings. The second-order valence-electron chi connectivity index (χ2n) is 4.96. The van der Waals surface area contributed by atoms with Crippen molar-refractivity contribution in [3.63, 3.8) is 0 Å². The lowest BCUT2D eigenvalue weighted by atomic mass is 10.0. The van der Waals surface area contributed by atoms with E-state index in [1.54, 1.807) is 0 Å². The monoisotopic (exact) mass is 314 g/mol. The third kappa shape index (κ3) is 2.45. The van der Waals surface area contributed by atoms with Crippen molar-refractivity contribution in [2.75, 3.05) is 0 Å². The minimum Gasteiger partial charge on any atom is -0.461 e. The number of furan rings is 1. The van der Waals surface area contributed by atoms with Crippen LogP contribution in [-0.4, -0.2) is 0 Å². The van der Waals surface area contributed by atoms with Gasteiger partial charge in [0.25, 0.3) is 0 Å². The molecule has 0 saturated carbocycles. The van der Waals surface area contributed by atoms with Gasteiger partial charge in [0.05, 0.1) is 0 Å². The van der Waals surface area contributed by atoms with Crippen LogP contribution >= 0.6 is 15.9 Å². The molecule has 0 spiro atoms. The molecule has 2 aromatic carbocycles. The van der Waals surface area contributed by atoms with Crippen LogP contribution in [0, 0.1) is 13.8 Å². The molecule has 0 aliphatic rings. The summed E-state index contributed by atoms with van der Waals surface area (Å²) in [5, 5.41) is 1.17. The highest BCUT2D eigenvalue weighted by molar-refractivity contribution is 9.10. The molecular weight excluding hydrogens is 300 g/mol. The number of rotatable bonds is 2. The van der Waals surface area contributed by atoms with E-state index in [-0.39, 0.29) is 0 Å². The Kier molecular flexibility index (Phi) is 3.19. The summed E-state index contributed by atoms with van der Waals surface area (Å²) in [4.78, 5) is 0. The highest BCUT2D eigenvalue weighted by atomic mass is 79.9. The van der Waals surface area contributed by atoms with E-state index >= 15 is 0 Å². The van der Waals surface area contributed by atoms with Gasteiger partial charge in [-0.15, -0.1) is 0 Å². The van der Waals surface area contributed by atoms with Gasteiger partial charge in [0.1, 0.15) is 11.3 Å². The maximum absolute atomic E-state index is 5.88. The topological polar surface area (TPSA) is 13.1 Å². The number of aryl methyl sites for hydroxylation is 2. The van der Waals surface area contributed by atoms with Crippen LogP contribution in [0.2, 0.25) is 0 Å².